The van der Waals surface area contributed by atoms with Crippen LogP contribution in [0.2, 0.25) is 0 Å². The zero-order valence-electron chi connectivity index (χ0n) is 22.3. The largest absolute Gasteiger partial charge is 0.479 e. The maximum Gasteiger partial charge on any atom is 0.422 e. The highest BCUT2D eigenvalue weighted by molar-refractivity contribution is 5.94. The van der Waals surface area contributed by atoms with Crippen LogP contribution in [0.1, 0.15) is 36.0 Å². The summed E-state index contributed by atoms with van der Waals surface area (Å²) in [6.45, 7) is -0.123. The Morgan fingerprint density at radius 1 is 0.857 bits per heavy atom. The minimum Gasteiger partial charge on any atom is -0.479 e. The van der Waals surface area contributed by atoms with Gasteiger partial charge in [-0.05, 0) is 34.7 Å². The number of esters is 1. The first kappa shape index (κ1) is 30.1. The third kappa shape index (κ3) is 6.54. The van der Waals surface area contributed by atoms with E-state index in [9.17, 15) is 37.5 Å². The molecule has 0 radical (unpaired) electrons. The highest BCUT2D eigenvalue weighted by Crippen LogP contribution is 2.44. The number of alkyl carbamates (subject to hydrolysis) is 1. The fraction of sp³-hybridized carbons (Fsp3) is 0.267. The first-order chi connectivity index (χ1) is 19.9. The molecule has 220 valence electrons. The molecule has 3 aromatic carbocycles. The Morgan fingerprint density at radius 2 is 1.40 bits per heavy atom. The molecule has 3 aromatic rings. The van der Waals surface area contributed by atoms with E-state index in [1.807, 2.05) is 48.5 Å². The van der Waals surface area contributed by atoms with Crippen molar-refractivity contribution in [1.82, 2.24) is 10.6 Å². The van der Waals surface area contributed by atoms with Gasteiger partial charge in [-0.1, -0.05) is 78.9 Å². The third-order valence-electron chi connectivity index (χ3n) is 6.93. The van der Waals surface area contributed by atoms with Crippen LogP contribution < -0.4 is 10.6 Å². The molecule has 0 heterocycles. The lowest BCUT2D eigenvalue weighted by Gasteiger charge is -2.30. The van der Waals surface area contributed by atoms with Crippen LogP contribution in [0, 0.1) is 0 Å². The Morgan fingerprint density at radius 3 is 1.95 bits per heavy atom. The number of nitrogens with one attached hydrogen (secondary N) is 2. The summed E-state index contributed by atoms with van der Waals surface area (Å²) < 4.78 is 51.1. The number of carboxylic acid groups (broad SMARTS) is 1. The Labute approximate surface area is 238 Å². The molecule has 1 unspecified atom stereocenters. The molecule has 0 fully saturated rings. The average molecular weight is 585 g/mol. The molecule has 1 aliphatic carbocycles. The molecule has 0 aliphatic heterocycles. The highest BCUT2D eigenvalue weighted by Gasteiger charge is 2.59. The van der Waals surface area contributed by atoms with Crippen molar-refractivity contribution >= 4 is 23.9 Å². The number of aliphatic carboxylic acids is 1. The summed E-state index contributed by atoms with van der Waals surface area (Å²) in [4.78, 5) is 49.6. The standard InChI is InChI=1S/C30H27F3N2O7/c1-29(27(38)39,30(31,32)33)35-26(37)24(15-25(36)41-16-18-9-3-2-4-10-18)34-28(40)42-17-23-21-13-7-5-11-19(21)20-12-6-8-14-22(20)23/h2-14,23-24H,15-17H2,1H3,(H,34,40)(H,35,37)(H,38,39)/t24-,29?/m0/s1. The molecule has 12 heteroatoms. The van der Waals surface area contributed by atoms with E-state index in [0.29, 0.717) is 5.56 Å². The quantitative estimate of drug-likeness (QED) is 0.298. The zero-order chi connectivity index (χ0) is 30.5. The Kier molecular flexibility index (Phi) is 8.84. The number of halogens is 3. The molecule has 0 bridgehead atoms. The number of alkyl halides is 3. The Hall–Kier alpha value is -4.87. The second-order valence-electron chi connectivity index (χ2n) is 9.79. The van der Waals surface area contributed by atoms with Crippen molar-refractivity contribution in [2.45, 2.75) is 43.6 Å². The van der Waals surface area contributed by atoms with Crippen molar-refractivity contribution in [1.29, 1.82) is 0 Å². The number of carbonyl (C=O) groups excluding carboxylic acids is 3. The van der Waals surface area contributed by atoms with E-state index in [1.54, 1.807) is 30.3 Å². The number of hydrogen-bond acceptors (Lipinski definition) is 6. The summed E-state index contributed by atoms with van der Waals surface area (Å²) >= 11 is 0. The van der Waals surface area contributed by atoms with Gasteiger partial charge in [0.1, 0.15) is 19.3 Å². The smallest absolute Gasteiger partial charge is 0.422 e. The maximum atomic E-state index is 13.5. The van der Waals surface area contributed by atoms with Crippen molar-refractivity contribution in [3.8, 4) is 11.1 Å². The predicted molar refractivity (Wildman–Crippen MR) is 143 cm³/mol. The lowest BCUT2D eigenvalue weighted by molar-refractivity contribution is -0.207. The molecule has 42 heavy (non-hydrogen) atoms. The summed E-state index contributed by atoms with van der Waals surface area (Å²) in [7, 11) is 0. The number of ether oxygens (including phenoxy) is 2. The Bertz CT molecular complexity index is 1430. The van der Waals surface area contributed by atoms with Gasteiger partial charge >= 0.3 is 24.2 Å². The summed E-state index contributed by atoms with van der Waals surface area (Å²) in [5.41, 5.74) is 0.618. The van der Waals surface area contributed by atoms with Crippen LogP contribution in [0.15, 0.2) is 78.9 Å². The van der Waals surface area contributed by atoms with Crippen molar-refractivity contribution in [3.63, 3.8) is 0 Å². The molecule has 2 amide bonds. The predicted octanol–water partition coefficient (Wildman–Crippen LogP) is 4.55. The van der Waals surface area contributed by atoms with Crippen molar-refractivity contribution in [2.24, 2.45) is 0 Å². The number of carboxylic acids is 1. The number of fused-ring (bicyclic) bond motifs is 3. The monoisotopic (exact) mass is 584 g/mol. The topological polar surface area (TPSA) is 131 Å². The molecule has 9 nitrogen and oxygen atoms in total. The van der Waals surface area contributed by atoms with E-state index < -0.39 is 48.1 Å². The second-order valence-corrected chi connectivity index (χ2v) is 9.79. The second kappa shape index (κ2) is 12.3. The van der Waals surface area contributed by atoms with Gasteiger partial charge in [-0.2, -0.15) is 13.2 Å². The van der Waals surface area contributed by atoms with Crippen LogP contribution >= 0.6 is 0 Å². The van der Waals surface area contributed by atoms with Gasteiger partial charge in [-0.15, -0.1) is 0 Å². The van der Waals surface area contributed by atoms with Crippen LogP contribution in [-0.4, -0.2) is 53.4 Å². The summed E-state index contributed by atoms with van der Waals surface area (Å²) in [5, 5.41) is 12.7. The van der Waals surface area contributed by atoms with Gasteiger partial charge in [0.25, 0.3) is 0 Å². The van der Waals surface area contributed by atoms with Gasteiger partial charge in [0.2, 0.25) is 11.4 Å². The van der Waals surface area contributed by atoms with Crippen LogP contribution in [-0.2, 0) is 30.5 Å². The van der Waals surface area contributed by atoms with E-state index in [2.05, 4.69) is 5.32 Å². The van der Waals surface area contributed by atoms with Gasteiger partial charge in [0.15, 0.2) is 0 Å². The molecule has 0 saturated carbocycles. The van der Waals surface area contributed by atoms with Gasteiger partial charge in [-0.25, -0.2) is 9.59 Å². The molecule has 0 aromatic heterocycles. The SMILES string of the molecule is CC(NC(=O)[C@H](CC(=O)OCc1ccccc1)NC(=O)OCC1c2ccccc2-c2ccccc21)(C(=O)O)C(F)(F)F. The van der Waals surface area contributed by atoms with Crippen LogP contribution in [0.5, 0.6) is 0 Å². The van der Waals surface area contributed by atoms with E-state index in [0.717, 1.165) is 22.3 Å². The fourth-order valence-electron chi connectivity index (χ4n) is 4.53. The molecule has 3 N–H and O–H groups in total. The Balaban J connectivity index is 1.48. The van der Waals surface area contributed by atoms with Crippen LogP contribution in [0.4, 0.5) is 18.0 Å². The van der Waals surface area contributed by atoms with Crippen molar-refractivity contribution < 1.29 is 46.9 Å². The third-order valence-corrected chi connectivity index (χ3v) is 6.93. The maximum absolute atomic E-state index is 13.5. The van der Waals surface area contributed by atoms with Gasteiger partial charge < -0.3 is 25.2 Å². The first-order valence-electron chi connectivity index (χ1n) is 12.8. The molecule has 0 spiro atoms. The summed E-state index contributed by atoms with van der Waals surface area (Å²) in [5.74, 6) is -5.33. The number of amides is 2. The van der Waals surface area contributed by atoms with E-state index in [-0.39, 0.29) is 26.1 Å². The number of rotatable bonds is 10. The van der Waals surface area contributed by atoms with Gasteiger partial charge in [-0.3, -0.25) is 9.59 Å². The molecule has 4 rings (SSSR count). The average Bonchev–Trinajstić information content (AvgIpc) is 3.28. The van der Waals surface area contributed by atoms with Crippen LogP contribution in [0.25, 0.3) is 11.1 Å². The number of benzene rings is 3. The minimum absolute atomic E-state index is 0.179. The summed E-state index contributed by atoms with van der Waals surface area (Å²) in [6, 6.07) is 21.5. The lowest BCUT2D eigenvalue weighted by Crippen LogP contribution is -2.65. The minimum atomic E-state index is -5.39. The molecular weight excluding hydrogens is 557 g/mol. The molecular formula is C30H27F3N2O7. The summed E-state index contributed by atoms with van der Waals surface area (Å²) in [6.07, 6.45) is -7.48. The van der Waals surface area contributed by atoms with E-state index >= 15 is 0 Å². The first-order valence-corrected chi connectivity index (χ1v) is 12.8. The lowest BCUT2D eigenvalue weighted by atomic mass is 9.98. The zero-order valence-corrected chi connectivity index (χ0v) is 22.3. The van der Waals surface area contributed by atoms with E-state index in [1.165, 1.54) is 5.32 Å². The van der Waals surface area contributed by atoms with Crippen LogP contribution in [0.3, 0.4) is 0 Å². The highest BCUT2D eigenvalue weighted by atomic mass is 19.4. The van der Waals surface area contributed by atoms with Crippen molar-refractivity contribution in [2.75, 3.05) is 6.61 Å². The molecule has 2 atom stereocenters. The number of hydrogen-bond donors (Lipinski definition) is 3. The van der Waals surface area contributed by atoms with Crippen molar-refractivity contribution in [3.05, 3.63) is 95.6 Å². The normalized spacial score (nSPS) is 14.5. The fourth-order valence-corrected chi connectivity index (χ4v) is 4.53. The molecule has 0 saturated heterocycles. The van der Waals surface area contributed by atoms with E-state index in [4.69, 9.17) is 9.47 Å². The van der Waals surface area contributed by atoms with Gasteiger partial charge in [0.05, 0.1) is 6.42 Å². The van der Waals surface area contributed by atoms with Gasteiger partial charge in [0, 0.05) is 5.92 Å². The number of carbonyl (C=O) groups is 4. The molecule has 1 aliphatic rings.